The third kappa shape index (κ3) is 6.82. The Balaban J connectivity index is 2.75. The van der Waals surface area contributed by atoms with Gasteiger partial charge in [0.05, 0.1) is 6.54 Å². The molecule has 0 atom stereocenters. The van der Waals surface area contributed by atoms with Crippen LogP contribution in [0.1, 0.15) is 50.9 Å². The lowest BCUT2D eigenvalue weighted by Crippen LogP contribution is -2.33. The minimum atomic E-state index is -0.109. The maximum absolute atomic E-state index is 12.6. The highest BCUT2D eigenvalue weighted by Crippen LogP contribution is 2.13. The van der Waals surface area contributed by atoms with Crippen molar-refractivity contribution in [1.82, 2.24) is 10.2 Å². The summed E-state index contributed by atoms with van der Waals surface area (Å²) in [7, 11) is 0. The van der Waals surface area contributed by atoms with Crippen molar-refractivity contribution in [3.63, 3.8) is 0 Å². The summed E-state index contributed by atoms with van der Waals surface area (Å²) in [6, 6.07) is 7.39. The van der Waals surface area contributed by atoms with E-state index in [4.69, 9.17) is 0 Å². The van der Waals surface area contributed by atoms with E-state index in [-0.39, 0.29) is 24.4 Å². The number of rotatable bonds is 9. The summed E-state index contributed by atoms with van der Waals surface area (Å²) in [5.41, 5.74) is 1.26. The largest absolute Gasteiger partial charge is 0.339 e. The molecule has 0 radical (unpaired) electrons. The molecule has 2 amide bonds. The number of hydrogen-bond donors (Lipinski definition) is 2. The molecule has 23 heavy (non-hydrogen) atoms. The first-order valence-corrected chi connectivity index (χ1v) is 8.40. The van der Waals surface area contributed by atoms with Crippen LogP contribution in [0.25, 0.3) is 0 Å². The average Bonchev–Trinajstić information content (AvgIpc) is 2.52. The Labute approximate surface area is 139 Å². The van der Waals surface area contributed by atoms with E-state index in [1.807, 2.05) is 18.7 Å². The molecule has 0 aliphatic carbocycles. The molecular formula is C18H29N3O2. The van der Waals surface area contributed by atoms with Gasteiger partial charge in [-0.25, -0.2) is 0 Å². The Morgan fingerprint density at radius 3 is 2.35 bits per heavy atom. The fourth-order valence-electron chi connectivity index (χ4n) is 2.27. The standard InChI is InChI=1S/C18H29N3O2/c1-5-10-21(11-6-2)18(23)15-8-7-9-16(12-15)20-17(22)13-19-14(3)4/h7-9,12,14,19H,5-6,10-11,13H2,1-4H3,(H,20,22). The van der Waals surface area contributed by atoms with Crippen molar-refractivity contribution in [2.45, 2.75) is 46.6 Å². The second-order valence-corrected chi connectivity index (χ2v) is 5.96. The molecular weight excluding hydrogens is 290 g/mol. The molecule has 1 aromatic rings. The van der Waals surface area contributed by atoms with Gasteiger partial charge < -0.3 is 15.5 Å². The fourth-order valence-corrected chi connectivity index (χ4v) is 2.27. The lowest BCUT2D eigenvalue weighted by atomic mass is 10.1. The number of benzene rings is 1. The van der Waals surface area contributed by atoms with Gasteiger partial charge in [0.1, 0.15) is 0 Å². The lowest BCUT2D eigenvalue weighted by Gasteiger charge is -2.21. The number of carbonyl (C=O) groups is 2. The zero-order valence-corrected chi connectivity index (χ0v) is 14.7. The van der Waals surface area contributed by atoms with Crippen LogP contribution in [0, 0.1) is 0 Å². The summed E-state index contributed by atoms with van der Waals surface area (Å²) in [5.74, 6) is -0.0904. The molecule has 0 saturated carbocycles. The Kier molecular flexibility index (Phi) is 8.33. The van der Waals surface area contributed by atoms with Gasteiger partial charge in [-0.15, -0.1) is 0 Å². The van der Waals surface area contributed by atoms with E-state index in [2.05, 4.69) is 24.5 Å². The monoisotopic (exact) mass is 319 g/mol. The van der Waals surface area contributed by atoms with Gasteiger partial charge in [0.15, 0.2) is 0 Å². The molecule has 0 aliphatic rings. The third-order valence-electron chi connectivity index (χ3n) is 3.34. The summed E-state index contributed by atoms with van der Waals surface area (Å²) in [6.07, 6.45) is 1.87. The number of amides is 2. The van der Waals surface area contributed by atoms with Crippen LogP contribution in [0.3, 0.4) is 0 Å². The molecule has 0 saturated heterocycles. The minimum Gasteiger partial charge on any atom is -0.339 e. The van der Waals surface area contributed by atoms with Gasteiger partial charge in [0.25, 0.3) is 5.91 Å². The van der Waals surface area contributed by atoms with Crippen LogP contribution < -0.4 is 10.6 Å². The number of nitrogens with zero attached hydrogens (tertiary/aromatic N) is 1. The van der Waals surface area contributed by atoms with Gasteiger partial charge in [-0.3, -0.25) is 9.59 Å². The molecule has 0 unspecified atom stereocenters. The number of nitrogens with one attached hydrogen (secondary N) is 2. The van der Waals surface area contributed by atoms with Crippen LogP contribution >= 0.6 is 0 Å². The zero-order chi connectivity index (χ0) is 17.2. The molecule has 0 spiro atoms. The maximum Gasteiger partial charge on any atom is 0.253 e. The maximum atomic E-state index is 12.6. The summed E-state index contributed by atoms with van der Waals surface area (Å²) in [5, 5.41) is 5.89. The lowest BCUT2D eigenvalue weighted by molar-refractivity contribution is -0.115. The van der Waals surface area contributed by atoms with Crippen LogP contribution in [0.5, 0.6) is 0 Å². The highest BCUT2D eigenvalue weighted by molar-refractivity contribution is 5.97. The van der Waals surface area contributed by atoms with E-state index >= 15 is 0 Å². The molecule has 0 fully saturated rings. The molecule has 128 valence electrons. The molecule has 0 aliphatic heterocycles. The molecule has 1 rings (SSSR count). The van der Waals surface area contributed by atoms with E-state index in [0.717, 1.165) is 25.9 Å². The number of carbonyl (C=O) groups excluding carboxylic acids is 2. The van der Waals surface area contributed by atoms with Crippen molar-refractivity contribution in [1.29, 1.82) is 0 Å². The van der Waals surface area contributed by atoms with E-state index in [1.165, 1.54) is 0 Å². The molecule has 0 aromatic heterocycles. The van der Waals surface area contributed by atoms with E-state index in [0.29, 0.717) is 11.3 Å². The predicted octanol–water partition coefficient (Wildman–Crippen LogP) is 2.89. The first-order chi connectivity index (χ1) is 11.0. The Hall–Kier alpha value is -1.88. The van der Waals surface area contributed by atoms with Crippen molar-refractivity contribution >= 4 is 17.5 Å². The summed E-state index contributed by atoms with van der Waals surface area (Å²) in [6.45, 7) is 9.87. The first-order valence-electron chi connectivity index (χ1n) is 8.40. The van der Waals surface area contributed by atoms with Crippen LogP contribution in [-0.2, 0) is 4.79 Å². The van der Waals surface area contributed by atoms with Gasteiger partial charge in [0, 0.05) is 30.4 Å². The van der Waals surface area contributed by atoms with Gasteiger partial charge in [-0.1, -0.05) is 33.8 Å². The van der Waals surface area contributed by atoms with Gasteiger partial charge in [0.2, 0.25) is 5.91 Å². The second-order valence-electron chi connectivity index (χ2n) is 5.96. The van der Waals surface area contributed by atoms with Crippen molar-refractivity contribution in [3.05, 3.63) is 29.8 Å². The smallest absolute Gasteiger partial charge is 0.253 e. The highest BCUT2D eigenvalue weighted by Gasteiger charge is 2.14. The molecule has 1 aromatic carbocycles. The van der Waals surface area contributed by atoms with Crippen LogP contribution in [0.15, 0.2) is 24.3 Å². The Bertz CT molecular complexity index is 509. The Morgan fingerprint density at radius 1 is 1.13 bits per heavy atom. The number of anilines is 1. The topological polar surface area (TPSA) is 61.4 Å². The van der Waals surface area contributed by atoms with Gasteiger partial charge in [-0.05, 0) is 31.0 Å². The zero-order valence-electron chi connectivity index (χ0n) is 14.7. The molecule has 5 nitrogen and oxygen atoms in total. The van der Waals surface area contributed by atoms with Gasteiger partial charge in [-0.2, -0.15) is 0 Å². The molecule has 5 heteroatoms. The van der Waals surface area contributed by atoms with E-state index in [9.17, 15) is 9.59 Å². The highest BCUT2D eigenvalue weighted by atomic mass is 16.2. The Morgan fingerprint density at radius 2 is 1.78 bits per heavy atom. The van der Waals surface area contributed by atoms with Crippen molar-refractivity contribution < 1.29 is 9.59 Å². The summed E-state index contributed by atoms with van der Waals surface area (Å²) in [4.78, 5) is 26.3. The van der Waals surface area contributed by atoms with Crippen molar-refractivity contribution in [2.24, 2.45) is 0 Å². The minimum absolute atomic E-state index is 0.0186. The molecule has 0 bridgehead atoms. The summed E-state index contributed by atoms with van der Waals surface area (Å²) >= 11 is 0. The van der Waals surface area contributed by atoms with Crippen LogP contribution in [0.4, 0.5) is 5.69 Å². The fraction of sp³-hybridized carbons (Fsp3) is 0.556. The van der Waals surface area contributed by atoms with Crippen molar-refractivity contribution in [2.75, 3.05) is 25.0 Å². The van der Waals surface area contributed by atoms with Crippen molar-refractivity contribution in [3.8, 4) is 0 Å². The summed E-state index contributed by atoms with van der Waals surface area (Å²) < 4.78 is 0. The second kappa shape index (κ2) is 10.0. The van der Waals surface area contributed by atoms with Crippen LogP contribution in [-0.4, -0.2) is 42.4 Å². The first kappa shape index (κ1) is 19.2. The third-order valence-corrected chi connectivity index (χ3v) is 3.34. The normalized spacial score (nSPS) is 10.7. The van der Waals surface area contributed by atoms with E-state index in [1.54, 1.807) is 24.3 Å². The molecule has 2 N–H and O–H groups in total. The van der Waals surface area contributed by atoms with E-state index < -0.39 is 0 Å². The number of hydrogen-bond acceptors (Lipinski definition) is 3. The molecule has 0 heterocycles. The predicted molar refractivity (Wildman–Crippen MR) is 94.7 cm³/mol. The average molecular weight is 319 g/mol. The van der Waals surface area contributed by atoms with Gasteiger partial charge >= 0.3 is 0 Å². The van der Waals surface area contributed by atoms with Crippen LogP contribution in [0.2, 0.25) is 0 Å². The quantitative estimate of drug-likeness (QED) is 0.736. The SMILES string of the molecule is CCCN(CCC)C(=O)c1cccc(NC(=O)CNC(C)C)c1.